The van der Waals surface area contributed by atoms with Crippen molar-refractivity contribution in [1.29, 1.82) is 0 Å². The van der Waals surface area contributed by atoms with Gasteiger partial charge in [-0.3, -0.25) is 9.48 Å². The third-order valence-corrected chi connectivity index (χ3v) is 5.09. The molecule has 0 unspecified atom stereocenters. The number of aryl methyl sites for hydroxylation is 2. The first-order chi connectivity index (χ1) is 13.6. The Labute approximate surface area is 164 Å². The highest BCUT2D eigenvalue weighted by Crippen LogP contribution is 2.27. The molecule has 5 heteroatoms. The van der Waals surface area contributed by atoms with E-state index in [2.05, 4.69) is 17.3 Å². The van der Waals surface area contributed by atoms with Crippen LogP contribution in [0.1, 0.15) is 28.5 Å². The van der Waals surface area contributed by atoms with Crippen LogP contribution in [-0.4, -0.2) is 20.7 Å². The molecule has 28 heavy (non-hydrogen) atoms. The molecule has 0 aliphatic heterocycles. The van der Waals surface area contributed by atoms with Crippen molar-refractivity contribution in [3.8, 4) is 11.3 Å². The van der Waals surface area contributed by atoms with Gasteiger partial charge in [-0.15, -0.1) is 0 Å². The van der Waals surface area contributed by atoms with Gasteiger partial charge < -0.3 is 5.32 Å². The summed E-state index contributed by atoms with van der Waals surface area (Å²) in [5, 5.41) is 8.15. The minimum atomic E-state index is -0.148. The Balaban J connectivity index is 1.78. The lowest BCUT2D eigenvalue weighted by Gasteiger charge is -2.11. The molecule has 2 aromatic carbocycles. The molecule has 0 saturated heterocycles. The highest BCUT2D eigenvalue weighted by atomic mass is 16.1. The number of pyridine rings is 1. The van der Waals surface area contributed by atoms with Crippen LogP contribution in [0.15, 0.2) is 60.8 Å². The Hall–Kier alpha value is -3.47. The molecular formula is C23H22N4O. The number of nitrogens with one attached hydrogen (secondary N) is 1. The molecule has 4 aromatic rings. The second kappa shape index (κ2) is 7.27. The van der Waals surface area contributed by atoms with Crippen LogP contribution in [0.5, 0.6) is 0 Å². The molecule has 0 aliphatic rings. The quantitative estimate of drug-likeness (QED) is 0.563. The predicted octanol–water partition coefficient (Wildman–Crippen LogP) is 4.76. The van der Waals surface area contributed by atoms with Crippen LogP contribution in [0.3, 0.4) is 0 Å². The van der Waals surface area contributed by atoms with Gasteiger partial charge in [-0.1, -0.05) is 37.3 Å². The van der Waals surface area contributed by atoms with Crippen LogP contribution >= 0.6 is 0 Å². The molecule has 2 heterocycles. The first kappa shape index (κ1) is 17.9. The maximum atomic E-state index is 13.1. The van der Waals surface area contributed by atoms with Crippen molar-refractivity contribution in [3.63, 3.8) is 0 Å². The van der Waals surface area contributed by atoms with Crippen molar-refractivity contribution in [3.05, 3.63) is 77.6 Å². The van der Waals surface area contributed by atoms with Crippen molar-refractivity contribution in [2.24, 2.45) is 7.05 Å². The van der Waals surface area contributed by atoms with E-state index in [-0.39, 0.29) is 5.91 Å². The van der Waals surface area contributed by atoms with Gasteiger partial charge in [0.2, 0.25) is 0 Å². The smallest absolute Gasteiger partial charge is 0.256 e. The van der Waals surface area contributed by atoms with E-state index in [0.29, 0.717) is 5.56 Å². The number of anilines is 1. The van der Waals surface area contributed by atoms with E-state index in [1.54, 1.807) is 10.9 Å². The number of rotatable bonds is 4. The lowest BCUT2D eigenvalue weighted by Crippen LogP contribution is -2.13. The van der Waals surface area contributed by atoms with E-state index in [0.717, 1.165) is 40.0 Å². The van der Waals surface area contributed by atoms with Gasteiger partial charge in [-0.25, -0.2) is 4.98 Å². The van der Waals surface area contributed by atoms with Gasteiger partial charge in [0.1, 0.15) is 0 Å². The minimum absolute atomic E-state index is 0.148. The molecule has 0 saturated carbocycles. The number of hydrogen-bond acceptors (Lipinski definition) is 3. The average Bonchev–Trinajstić information content (AvgIpc) is 3.06. The number of amides is 1. The van der Waals surface area contributed by atoms with Crippen LogP contribution in [-0.2, 0) is 13.5 Å². The Morgan fingerprint density at radius 2 is 1.86 bits per heavy atom. The first-order valence-corrected chi connectivity index (χ1v) is 9.36. The second-order valence-electron chi connectivity index (χ2n) is 6.84. The first-order valence-electron chi connectivity index (χ1n) is 9.36. The standard InChI is InChI=1S/C23H22N4O/c1-4-16-9-11-17(12-10-16)25-23(28)19-13-22(20-14-24-27(3)15(20)2)26-21-8-6-5-7-18(19)21/h5-14H,4H2,1-3H3,(H,25,28). The van der Waals surface area contributed by atoms with E-state index >= 15 is 0 Å². The van der Waals surface area contributed by atoms with E-state index < -0.39 is 0 Å². The summed E-state index contributed by atoms with van der Waals surface area (Å²) in [6.07, 6.45) is 2.76. The zero-order valence-corrected chi connectivity index (χ0v) is 16.2. The third-order valence-electron chi connectivity index (χ3n) is 5.09. The van der Waals surface area contributed by atoms with Crippen LogP contribution in [0, 0.1) is 6.92 Å². The van der Waals surface area contributed by atoms with Gasteiger partial charge in [-0.2, -0.15) is 5.10 Å². The Morgan fingerprint density at radius 3 is 2.54 bits per heavy atom. The molecule has 5 nitrogen and oxygen atoms in total. The normalized spacial score (nSPS) is 11.0. The van der Waals surface area contributed by atoms with E-state index in [1.807, 2.05) is 68.6 Å². The Bertz CT molecular complexity index is 1160. The van der Waals surface area contributed by atoms with Crippen molar-refractivity contribution >= 4 is 22.5 Å². The lowest BCUT2D eigenvalue weighted by molar-refractivity contribution is 0.102. The maximum absolute atomic E-state index is 13.1. The van der Waals surface area contributed by atoms with Gasteiger partial charge in [0.15, 0.2) is 0 Å². The zero-order valence-electron chi connectivity index (χ0n) is 16.2. The summed E-state index contributed by atoms with van der Waals surface area (Å²) in [6.45, 7) is 4.10. The molecule has 140 valence electrons. The maximum Gasteiger partial charge on any atom is 0.256 e. The number of carbonyl (C=O) groups excluding carboxylic acids is 1. The molecule has 0 atom stereocenters. The summed E-state index contributed by atoms with van der Waals surface area (Å²) in [6, 6.07) is 17.5. The summed E-state index contributed by atoms with van der Waals surface area (Å²) in [7, 11) is 1.90. The SMILES string of the molecule is CCc1ccc(NC(=O)c2cc(-c3cnn(C)c3C)nc3ccccc23)cc1. The van der Waals surface area contributed by atoms with Gasteiger partial charge in [0.25, 0.3) is 5.91 Å². The van der Waals surface area contributed by atoms with E-state index in [9.17, 15) is 4.79 Å². The molecule has 0 bridgehead atoms. The molecular weight excluding hydrogens is 348 g/mol. The van der Waals surface area contributed by atoms with E-state index in [1.165, 1.54) is 5.56 Å². The Kier molecular flexibility index (Phi) is 4.65. The molecule has 0 spiro atoms. The van der Waals surface area contributed by atoms with Crippen LogP contribution in [0.25, 0.3) is 22.2 Å². The number of hydrogen-bond donors (Lipinski definition) is 1. The fourth-order valence-corrected chi connectivity index (χ4v) is 3.27. The second-order valence-corrected chi connectivity index (χ2v) is 6.84. The minimum Gasteiger partial charge on any atom is -0.322 e. The van der Waals surface area contributed by atoms with Crippen molar-refractivity contribution in [1.82, 2.24) is 14.8 Å². The lowest BCUT2D eigenvalue weighted by atomic mass is 10.0. The fraction of sp³-hybridized carbons (Fsp3) is 0.174. The van der Waals surface area contributed by atoms with Crippen LogP contribution in [0.4, 0.5) is 5.69 Å². The molecule has 1 amide bonds. The van der Waals surface area contributed by atoms with Gasteiger partial charge >= 0.3 is 0 Å². The van der Waals surface area contributed by atoms with Crippen molar-refractivity contribution in [2.45, 2.75) is 20.3 Å². The summed E-state index contributed by atoms with van der Waals surface area (Å²) >= 11 is 0. The topological polar surface area (TPSA) is 59.8 Å². The van der Waals surface area contributed by atoms with Gasteiger partial charge in [0, 0.05) is 29.4 Å². The summed E-state index contributed by atoms with van der Waals surface area (Å²) in [4.78, 5) is 17.9. The fourth-order valence-electron chi connectivity index (χ4n) is 3.27. The number of carbonyl (C=O) groups is 1. The number of nitrogens with zero attached hydrogens (tertiary/aromatic N) is 3. The number of benzene rings is 2. The highest BCUT2D eigenvalue weighted by molar-refractivity contribution is 6.13. The highest BCUT2D eigenvalue weighted by Gasteiger charge is 2.16. The number of para-hydroxylation sites is 1. The predicted molar refractivity (Wildman–Crippen MR) is 112 cm³/mol. The van der Waals surface area contributed by atoms with Crippen LogP contribution in [0.2, 0.25) is 0 Å². The molecule has 1 N–H and O–H groups in total. The molecule has 4 rings (SSSR count). The summed E-state index contributed by atoms with van der Waals surface area (Å²) in [5.41, 5.74) is 6.08. The van der Waals surface area contributed by atoms with E-state index in [4.69, 9.17) is 4.98 Å². The average molecular weight is 370 g/mol. The van der Waals surface area contributed by atoms with Crippen molar-refractivity contribution in [2.75, 3.05) is 5.32 Å². The molecule has 2 aromatic heterocycles. The molecule has 0 fully saturated rings. The van der Waals surface area contributed by atoms with Gasteiger partial charge in [-0.05, 0) is 43.2 Å². The largest absolute Gasteiger partial charge is 0.322 e. The van der Waals surface area contributed by atoms with Crippen molar-refractivity contribution < 1.29 is 4.79 Å². The summed E-state index contributed by atoms with van der Waals surface area (Å²) in [5.74, 6) is -0.148. The molecule has 0 radical (unpaired) electrons. The number of fused-ring (bicyclic) bond motifs is 1. The Morgan fingerprint density at radius 1 is 1.11 bits per heavy atom. The van der Waals surface area contributed by atoms with Crippen LogP contribution < -0.4 is 5.32 Å². The van der Waals surface area contributed by atoms with Gasteiger partial charge in [0.05, 0.1) is 23.0 Å². The zero-order chi connectivity index (χ0) is 19.7. The molecule has 0 aliphatic carbocycles. The third kappa shape index (κ3) is 3.27. The monoisotopic (exact) mass is 370 g/mol. The summed E-state index contributed by atoms with van der Waals surface area (Å²) < 4.78 is 1.81. The number of aromatic nitrogens is 3.